The maximum Gasteiger partial charge on any atom is 0.330 e. The standard InChI is InChI=1S/C16H13NO4S/c1-9(18)21-17-14(19)12-11-7-8-16(22-11,13(12)15(17)20)10-5-3-2-4-6-10/h2-8,11-13H,1H3. The van der Waals surface area contributed by atoms with Crippen LogP contribution in [0.25, 0.3) is 0 Å². The summed E-state index contributed by atoms with van der Waals surface area (Å²) in [6, 6.07) is 9.69. The number of carbonyl (C=O) groups excluding carboxylic acids is 3. The molecule has 4 rings (SSSR count). The van der Waals surface area contributed by atoms with Gasteiger partial charge in [0.15, 0.2) is 0 Å². The second kappa shape index (κ2) is 4.46. The van der Waals surface area contributed by atoms with Crippen LogP contribution >= 0.6 is 11.8 Å². The van der Waals surface area contributed by atoms with E-state index in [1.165, 1.54) is 6.92 Å². The van der Waals surface area contributed by atoms with Crippen molar-refractivity contribution in [1.29, 1.82) is 0 Å². The van der Waals surface area contributed by atoms with E-state index in [4.69, 9.17) is 4.84 Å². The molecule has 2 bridgehead atoms. The maximum atomic E-state index is 12.7. The van der Waals surface area contributed by atoms with E-state index in [1.54, 1.807) is 11.8 Å². The summed E-state index contributed by atoms with van der Waals surface area (Å²) < 4.78 is -0.543. The topological polar surface area (TPSA) is 63.7 Å². The highest BCUT2D eigenvalue weighted by Crippen LogP contribution is 2.64. The van der Waals surface area contributed by atoms with E-state index in [1.807, 2.05) is 42.5 Å². The Kier molecular flexibility index (Phi) is 2.75. The third-order valence-electron chi connectivity index (χ3n) is 4.44. The summed E-state index contributed by atoms with van der Waals surface area (Å²) in [5.41, 5.74) is 0.997. The molecule has 5 nitrogen and oxygen atoms in total. The third kappa shape index (κ3) is 1.58. The van der Waals surface area contributed by atoms with Gasteiger partial charge in [0.05, 0.1) is 16.6 Å². The molecule has 0 N–H and O–H groups in total. The molecule has 2 amide bonds. The molecule has 6 heteroatoms. The van der Waals surface area contributed by atoms with Gasteiger partial charge < -0.3 is 4.84 Å². The third-order valence-corrected chi connectivity index (χ3v) is 6.17. The van der Waals surface area contributed by atoms with Gasteiger partial charge in [0.25, 0.3) is 11.8 Å². The Labute approximate surface area is 131 Å². The fourth-order valence-electron chi connectivity index (χ4n) is 3.62. The SMILES string of the molecule is CC(=O)ON1C(=O)C2C3C=CC(c4ccccc4)(S3)C2C1=O. The zero-order valence-electron chi connectivity index (χ0n) is 11.8. The van der Waals surface area contributed by atoms with Crippen molar-refractivity contribution in [3.8, 4) is 0 Å². The summed E-state index contributed by atoms with van der Waals surface area (Å²) in [7, 11) is 0. The molecular formula is C16H13NO4S. The van der Waals surface area contributed by atoms with Crippen molar-refractivity contribution in [2.24, 2.45) is 11.8 Å². The number of nitrogens with zero attached hydrogens (tertiary/aromatic N) is 1. The Bertz CT molecular complexity index is 716. The lowest BCUT2D eigenvalue weighted by Gasteiger charge is -2.29. The molecule has 112 valence electrons. The highest BCUT2D eigenvalue weighted by atomic mass is 32.2. The summed E-state index contributed by atoms with van der Waals surface area (Å²) in [6.07, 6.45) is 4.00. The Hall–Kier alpha value is -2.08. The molecule has 3 heterocycles. The zero-order valence-corrected chi connectivity index (χ0v) is 12.6. The van der Waals surface area contributed by atoms with Crippen molar-refractivity contribution < 1.29 is 19.2 Å². The van der Waals surface area contributed by atoms with Crippen molar-refractivity contribution in [1.82, 2.24) is 5.06 Å². The lowest BCUT2D eigenvalue weighted by Crippen LogP contribution is -2.37. The number of imide groups is 1. The normalized spacial score (nSPS) is 35.1. The first-order valence-corrected chi connectivity index (χ1v) is 7.91. The van der Waals surface area contributed by atoms with Gasteiger partial charge >= 0.3 is 5.97 Å². The van der Waals surface area contributed by atoms with Crippen molar-refractivity contribution >= 4 is 29.5 Å². The molecule has 4 atom stereocenters. The number of fused-ring (bicyclic) bond motifs is 5. The first kappa shape index (κ1) is 13.6. The number of amides is 2. The number of hydrogen-bond acceptors (Lipinski definition) is 5. The van der Waals surface area contributed by atoms with E-state index >= 15 is 0 Å². The summed E-state index contributed by atoms with van der Waals surface area (Å²) in [4.78, 5) is 41.1. The Morgan fingerprint density at radius 2 is 1.95 bits per heavy atom. The van der Waals surface area contributed by atoms with Gasteiger partial charge in [-0.05, 0) is 5.56 Å². The van der Waals surface area contributed by atoms with Crippen LogP contribution in [-0.2, 0) is 24.0 Å². The largest absolute Gasteiger partial charge is 0.331 e. The summed E-state index contributed by atoms with van der Waals surface area (Å²) in [5, 5.41) is 0.608. The smallest absolute Gasteiger partial charge is 0.330 e. The minimum absolute atomic E-state index is 0.0535. The van der Waals surface area contributed by atoms with E-state index in [0.717, 1.165) is 5.56 Å². The van der Waals surface area contributed by atoms with E-state index in [-0.39, 0.29) is 5.25 Å². The van der Waals surface area contributed by atoms with Gasteiger partial charge in [-0.2, -0.15) is 0 Å². The molecule has 0 radical (unpaired) electrons. The van der Waals surface area contributed by atoms with Crippen LogP contribution in [0.3, 0.4) is 0 Å². The molecule has 1 aromatic rings. The molecule has 22 heavy (non-hydrogen) atoms. The van der Waals surface area contributed by atoms with Crippen molar-refractivity contribution in [2.45, 2.75) is 16.9 Å². The molecule has 2 fully saturated rings. The van der Waals surface area contributed by atoms with Gasteiger partial charge in [-0.15, -0.1) is 16.8 Å². The summed E-state index contributed by atoms with van der Waals surface area (Å²) in [6.45, 7) is 1.18. The average Bonchev–Trinajstić information content (AvgIpc) is 3.15. The Balaban J connectivity index is 1.79. The first-order valence-electron chi connectivity index (χ1n) is 7.03. The lowest BCUT2D eigenvalue weighted by molar-refractivity contribution is -0.197. The molecular weight excluding hydrogens is 302 g/mol. The van der Waals surface area contributed by atoms with Gasteiger partial charge in [-0.25, -0.2) is 4.79 Å². The van der Waals surface area contributed by atoms with Gasteiger partial charge in [0, 0.05) is 12.2 Å². The minimum atomic E-state index is -0.664. The monoisotopic (exact) mass is 315 g/mol. The highest BCUT2D eigenvalue weighted by Gasteiger charge is 2.68. The Morgan fingerprint density at radius 1 is 1.23 bits per heavy atom. The molecule has 0 saturated carbocycles. The van der Waals surface area contributed by atoms with Crippen molar-refractivity contribution in [3.63, 3.8) is 0 Å². The van der Waals surface area contributed by atoms with E-state index in [2.05, 4.69) is 0 Å². The van der Waals surface area contributed by atoms with E-state index in [0.29, 0.717) is 5.06 Å². The zero-order chi connectivity index (χ0) is 15.5. The molecule has 1 aromatic carbocycles. The van der Waals surface area contributed by atoms with Crippen LogP contribution < -0.4 is 0 Å². The number of carbonyl (C=O) groups is 3. The molecule has 0 aromatic heterocycles. The van der Waals surface area contributed by atoms with Crippen LogP contribution in [0, 0.1) is 11.8 Å². The molecule has 4 unspecified atom stereocenters. The number of hydrogen-bond donors (Lipinski definition) is 0. The minimum Gasteiger partial charge on any atom is -0.331 e. The average molecular weight is 315 g/mol. The van der Waals surface area contributed by atoms with Crippen LogP contribution in [0.1, 0.15) is 12.5 Å². The second-order valence-corrected chi connectivity index (χ2v) is 7.11. The summed E-state index contributed by atoms with van der Waals surface area (Å²) >= 11 is 1.63. The van der Waals surface area contributed by atoms with Gasteiger partial charge in [0.2, 0.25) is 0 Å². The fraction of sp³-hybridized carbons (Fsp3) is 0.312. The van der Waals surface area contributed by atoms with Gasteiger partial charge in [0.1, 0.15) is 0 Å². The first-order chi connectivity index (χ1) is 10.5. The highest BCUT2D eigenvalue weighted by molar-refractivity contribution is 8.01. The predicted octanol–water partition coefficient (Wildman–Crippen LogP) is 1.65. The van der Waals surface area contributed by atoms with Gasteiger partial charge in [-0.3, -0.25) is 9.59 Å². The Morgan fingerprint density at radius 3 is 2.64 bits per heavy atom. The number of hydroxylamine groups is 2. The van der Waals surface area contributed by atoms with Crippen LogP contribution in [0.5, 0.6) is 0 Å². The lowest BCUT2D eigenvalue weighted by atomic mass is 9.74. The molecule has 0 aliphatic carbocycles. The predicted molar refractivity (Wildman–Crippen MR) is 79.2 cm³/mol. The van der Waals surface area contributed by atoms with Crippen molar-refractivity contribution in [2.75, 3.05) is 0 Å². The molecule has 2 saturated heterocycles. The van der Waals surface area contributed by atoms with Crippen LogP contribution in [0.2, 0.25) is 0 Å². The number of rotatable bonds is 2. The molecule has 0 spiro atoms. The van der Waals surface area contributed by atoms with Crippen molar-refractivity contribution in [3.05, 3.63) is 48.0 Å². The van der Waals surface area contributed by atoms with Crippen LogP contribution in [-0.4, -0.2) is 28.1 Å². The number of benzene rings is 1. The molecule has 3 aliphatic heterocycles. The quantitative estimate of drug-likeness (QED) is 0.613. The maximum absolute atomic E-state index is 12.7. The number of thioether (sulfide) groups is 1. The van der Waals surface area contributed by atoms with Crippen LogP contribution in [0.4, 0.5) is 0 Å². The van der Waals surface area contributed by atoms with E-state index < -0.39 is 34.4 Å². The fourth-order valence-corrected chi connectivity index (χ4v) is 5.47. The van der Waals surface area contributed by atoms with Gasteiger partial charge in [-0.1, -0.05) is 42.5 Å². The second-order valence-electron chi connectivity index (χ2n) is 5.66. The molecule has 3 aliphatic rings. The summed E-state index contributed by atoms with van der Waals surface area (Å²) in [5.74, 6) is -2.47. The van der Waals surface area contributed by atoms with Crippen LogP contribution in [0.15, 0.2) is 42.5 Å². The van der Waals surface area contributed by atoms with E-state index in [9.17, 15) is 14.4 Å².